The van der Waals surface area contributed by atoms with Crippen LogP contribution in [0.3, 0.4) is 0 Å². The van der Waals surface area contributed by atoms with Crippen LogP contribution in [0.5, 0.6) is 0 Å². The Morgan fingerprint density at radius 3 is 2.25 bits per heavy atom. The van der Waals surface area contributed by atoms with Crippen LogP contribution in [-0.4, -0.2) is 17.4 Å². The van der Waals surface area contributed by atoms with Gasteiger partial charge in [0.2, 0.25) is 0 Å². The third-order valence-corrected chi connectivity index (χ3v) is 3.76. The minimum atomic E-state index is -1.15. The molecule has 0 heterocycles. The molecule has 2 unspecified atom stereocenters. The molecule has 0 bridgehead atoms. The number of carbonyl (C=O) groups excluding carboxylic acids is 1. The Morgan fingerprint density at radius 2 is 1.75 bits per heavy atom. The second-order valence-electron chi connectivity index (χ2n) is 6.36. The van der Waals surface area contributed by atoms with E-state index in [1.165, 1.54) is 5.56 Å². The van der Waals surface area contributed by atoms with Crippen molar-refractivity contribution in [3.8, 4) is 0 Å². The lowest BCUT2D eigenvalue weighted by atomic mass is 9.80. The molecule has 0 spiro atoms. The molecular weight excluding hydrogens is 248 g/mol. The lowest BCUT2D eigenvalue weighted by Gasteiger charge is -2.31. The molecular formula is C17H22N2O. The van der Waals surface area contributed by atoms with Crippen molar-refractivity contribution in [2.45, 2.75) is 37.8 Å². The number of hydrogen-bond donors (Lipinski definition) is 2. The molecule has 3 nitrogen and oxygen atoms in total. The van der Waals surface area contributed by atoms with Gasteiger partial charge in [-0.05, 0) is 11.0 Å². The molecule has 0 aromatic heterocycles. The Balaban J connectivity index is 2.30. The molecule has 0 aliphatic heterocycles. The van der Waals surface area contributed by atoms with Crippen molar-refractivity contribution in [3.05, 3.63) is 59.7 Å². The van der Waals surface area contributed by atoms with Gasteiger partial charge in [-0.1, -0.05) is 69.3 Å². The lowest BCUT2D eigenvalue weighted by molar-refractivity contribution is 0.0911. The first-order chi connectivity index (χ1) is 9.25. The smallest absolute Gasteiger partial charge is 0.188 e. The quantitative estimate of drug-likeness (QED) is 0.810. The topological polar surface area (TPSA) is 69.1 Å². The van der Waals surface area contributed by atoms with Crippen molar-refractivity contribution < 1.29 is 4.79 Å². The molecule has 0 amide bonds. The van der Waals surface area contributed by atoms with Crippen molar-refractivity contribution in [3.63, 3.8) is 0 Å². The first-order valence-electron chi connectivity index (χ1n) is 6.81. The van der Waals surface area contributed by atoms with Crippen molar-refractivity contribution in [1.82, 2.24) is 0 Å². The molecule has 2 rings (SSSR count). The molecule has 2 atom stereocenters. The fourth-order valence-corrected chi connectivity index (χ4v) is 2.27. The van der Waals surface area contributed by atoms with E-state index in [9.17, 15) is 4.79 Å². The minimum Gasteiger partial charge on any atom is -0.322 e. The van der Waals surface area contributed by atoms with Gasteiger partial charge in [0.25, 0.3) is 0 Å². The number of carbonyl (C=O) groups is 1. The van der Waals surface area contributed by atoms with E-state index in [1.807, 2.05) is 30.3 Å². The Hall–Kier alpha value is -1.71. The zero-order chi connectivity index (χ0) is 15.0. The van der Waals surface area contributed by atoms with E-state index < -0.39 is 11.6 Å². The summed E-state index contributed by atoms with van der Waals surface area (Å²) in [4.78, 5) is 12.6. The highest BCUT2D eigenvalue weighted by atomic mass is 16.1. The summed E-state index contributed by atoms with van der Waals surface area (Å²) in [6, 6.07) is 7.12. The monoisotopic (exact) mass is 270 g/mol. The van der Waals surface area contributed by atoms with E-state index in [0.717, 1.165) is 0 Å². The summed E-state index contributed by atoms with van der Waals surface area (Å²) in [5.74, 6) is -0.147. The van der Waals surface area contributed by atoms with Crippen LogP contribution in [0.4, 0.5) is 0 Å². The van der Waals surface area contributed by atoms with Crippen LogP contribution >= 0.6 is 0 Å². The average molecular weight is 270 g/mol. The van der Waals surface area contributed by atoms with Gasteiger partial charge in [-0.3, -0.25) is 4.79 Å². The zero-order valence-corrected chi connectivity index (χ0v) is 12.3. The lowest BCUT2D eigenvalue weighted by Crippen LogP contribution is -2.59. The molecule has 0 fully saturated rings. The summed E-state index contributed by atoms with van der Waals surface area (Å²) in [5, 5.41) is 0. The molecule has 1 aliphatic carbocycles. The Kier molecular flexibility index (Phi) is 3.67. The van der Waals surface area contributed by atoms with Crippen LogP contribution in [-0.2, 0) is 5.41 Å². The van der Waals surface area contributed by atoms with E-state index in [0.29, 0.717) is 5.56 Å². The highest BCUT2D eigenvalue weighted by Crippen LogP contribution is 2.24. The summed E-state index contributed by atoms with van der Waals surface area (Å²) >= 11 is 0. The van der Waals surface area contributed by atoms with E-state index in [1.54, 1.807) is 18.2 Å². The summed E-state index contributed by atoms with van der Waals surface area (Å²) in [5.41, 5.74) is 12.8. The SMILES string of the molecule is CC(C)(C)c1ccc(C(=O)C2(N)C=CC=CC2N)cc1. The summed E-state index contributed by atoms with van der Waals surface area (Å²) in [6.07, 6.45) is 7.01. The molecule has 0 saturated heterocycles. The number of nitrogens with two attached hydrogens (primary N) is 2. The molecule has 20 heavy (non-hydrogen) atoms. The summed E-state index contributed by atoms with van der Waals surface area (Å²) in [7, 11) is 0. The van der Waals surface area contributed by atoms with Crippen LogP contribution in [0, 0.1) is 0 Å². The molecule has 0 saturated carbocycles. The van der Waals surface area contributed by atoms with Gasteiger partial charge in [-0.2, -0.15) is 0 Å². The highest BCUT2D eigenvalue weighted by molar-refractivity contribution is 6.05. The van der Waals surface area contributed by atoms with Crippen LogP contribution in [0.1, 0.15) is 36.7 Å². The first-order valence-corrected chi connectivity index (χ1v) is 6.81. The van der Waals surface area contributed by atoms with E-state index in [4.69, 9.17) is 11.5 Å². The number of ketones is 1. The van der Waals surface area contributed by atoms with Crippen LogP contribution in [0.2, 0.25) is 0 Å². The third kappa shape index (κ3) is 2.60. The van der Waals surface area contributed by atoms with E-state index in [2.05, 4.69) is 20.8 Å². The van der Waals surface area contributed by atoms with Gasteiger partial charge in [-0.25, -0.2) is 0 Å². The Bertz CT molecular complexity index is 564. The number of benzene rings is 1. The molecule has 1 aromatic rings. The standard InChI is InChI=1S/C17H22N2O/c1-16(2,3)13-9-7-12(8-10-13)15(20)17(19)11-5-4-6-14(17)18/h4-11,14H,18-19H2,1-3H3. The van der Waals surface area contributed by atoms with Crippen LogP contribution in [0.15, 0.2) is 48.6 Å². The first kappa shape index (κ1) is 14.7. The maximum Gasteiger partial charge on any atom is 0.188 e. The van der Waals surface area contributed by atoms with Gasteiger partial charge in [0, 0.05) is 5.56 Å². The third-order valence-electron chi connectivity index (χ3n) is 3.76. The molecule has 3 heteroatoms. The normalized spacial score (nSPS) is 25.8. The molecule has 1 aromatic carbocycles. The molecule has 1 aliphatic rings. The fourth-order valence-electron chi connectivity index (χ4n) is 2.27. The predicted octanol–water partition coefficient (Wildman–Crippen LogP) is 2.32. The van der Waals surface area contributed by atoms with Gasteiger partial charge < -0.3 is 11.5 Å². The predicted molar refractivity (Wildman–Crippen MR) is 82.6 cm³/mol. The molecule has 4 N–H and O–H groups in total. The van der Waals surface area contributed by atoms with Crippen molar-refractivity contribution in [2.24, 2.45) is 11.5 Å². The average Bonchev–Trinajstić information content (AvgIpc) is 2.40. The van der Waals surface area contributed by atoms with Gasteiger partial charge in [-0.15, -0.1) is 0 Å². The Labute approximate surface area is 120 Å². The summed E-state index contributed by atoms with van der Waals surface area (Å²) < 4.78 is 0. The summed E-state index contributed by atoms with van der Waals surface area (Å²) in [6.45, 7) is 6.41. The Morgan fingerprint density at radius 1 is 1.15 bits per heavy atom. The van der Waals surface area contributed by atoms with Gasteiger partial charge in [0.15, 0.2) is 5.78 Å². The van der Waals surface area contributed by atoms with Crippen molar-refractivity contribution >= 4 is 5.78 Å². The number of rotatable bonds is 2. The van der Waals surface area contributed by atoms with Crippen molar-refractivity contribution in [1.29, 1.82) is 0 Å². The largest absolute Gasteiger partial charge is 0.322 e. The second-order valence-corrected chi connectivity index (χ2v) is 6.36. The molecule has 106 valence electrons. The van der Waals surface area contributed by atoms with Crippen LogP contribution in [0.25, 0.3) is 0 Å². The number of hydrogen-bond acceptors (Lipinski definition) is 3. The van der Waals surface area contributed by atoms with Crippen molar-refractivity contribution in [2.75, 3.05) is 0 Å². The van der Waals surface area contributed by atoms with Gasteiger partial charge in [0.1, 0.15) is 5.54 Å². The maximum atomic E-state index is 12.6. The molecule has 0 radical (unpaired) electrons. The highest BCUT2D eigenvalue weighted by Gasteiger charge is 2.38. The zero-order valence-electron chi connectivity index (χ0n) is 12.3. The van der Waals surface area contributed by atoms with Gasteiger partial charge in [0.05, 0.1) is 6.04 Å². The fraction of sp³-hybridized carbons (Fsp3) is 0.353. The maximum absolute atomic E-state index is 12.6. The number of allylic oxidation sites excluding steroid dienone is 2. The number of Topliss-reactive ketones (excluding diaryl/α,β-unsaturated/α-hetero) is 1. The second kappa shape index (κ2) is 5.00. The van der Waals surface area contributed by atoms with Crippen LogP contribution < -0.4 is 11.5 Å². The minimum absolute atomic E-state index is 0.0614. The van der Waals surface area contributed by atoms with Gasteiger partial charge >= 0.3 is 0 Å². The van der Waals surface area contributed by atoms with E-state index in [-0.39, 0.29) is 11.2 Å². The van der Waals surface area contributed by atoms with E-state index >= 15 is 0 Å².